The van der Waals surface area contributed by atoms with Crippen molar-refractivity contribution in [2.75, 3.05) is 14.1 Å². The molecule has 0 saturated heterocycles. The van der Waals surface area contributed by atoms with Crippen molar-refractivity contribution in [3.05, 3.63) is 0 Å². The fourth-order valence-electron chi connectivity index (χ4n) is 1.50. The van der Waals surface area contributed by atoms with E-state index in [0.29, 0.717) is 0 Å². The maximum absolute atomic E-state index is 11.9. The molecule has 0 unspecified atom stereocenters. The van der Waals surface area contributed by atoms with E-state index in [2.05, 4.69) is 21.5 Å². The van der Waals surface area contributed by atoms with Crippen molar-refractivity contribution in [1.82, 2.24) is 21.5 Å². The molecule has 0 aliphatic rings. The number of carbonyl (C=O) groups is 4. The second-order valence-corrected chi connectivity index (χ2v) is 4.18. The van der Waals surface area contributed by atoms with Crippen molar-refractivity contribution in [1.29, 1.82) is 0 Å². The van der Waals surface area contributed by atoms with Crippen LogP contribution >= 0.6 is 0 Å². The maximum atomic E-state index is 11.9. The number of rotatable bonds is 10. The Morgan fingerprint density at radius 1 is 1.05 bits per heavy atom. The molecule has 0 saturated carbocycles. The molecule has 0 spiro atoms. The number of carbonyl (C=O) groups excluding carboxylic acids is 2. The van der Waals surface area contributed by atoms with Crippen LogP contribution in [-0.4, -0.2) is 60.1 Å². The van der Waals surface area contributed by atoms with E-state index in [1.54, 1.807) is 0 Å². The van der Waals surface area contributed by atoms with Crippen LogP contribution in [0.5, 0.6) is 0 Å². The van der Waals surface area contributed by atoms with Crippen LogP contribution in [0.2, 0.25) is 0 Å². The van der Waals surface area contributed by atoms with Crippen LogP contribution in [0.25, 0.3) is 0 Å². The third-order valence-corrected chi connectivity index (χ3v) is 2.58. The standard InChI is InChI=1S/C11H20N4O6/c1-12-7(5-8(16)15-13-2)10(19)14-6(11(20)21)3-4-9(17)18/h6-7,12-13H,3-5H2,1-2H3,(H,14,19)(H,15,16)(H,17,18)(H,20,21)/t6-,7+/m1/s1. The number of carboxylic acid groups (broad SMARTS) is 2. The molecule has 2 atom stereocenters. The van der Waals surface area contributed by atoms with Gasteiger partial charge in [0.25, 0.3) is 0 Å². The number of hydrogen-bond acceptors (Lipinski definition) is 6. The SMILES string of the molecule is CNNC(=O)C[C@H](NC)C(=O)N[C@H](CCC(=O)O)C(=O)O. The summed E-state index contributed by atoms with van der Waals surface area (Å²) in [6.07, 6.45) is -0.828. The minimum absolute atomic E-state index is 0.200. The van der Waals surface area contributed by atoms with Gasteiger partial charge in [-0.2, -0.15) is 0 Å². The van der Waals surface area contributed by atoms with E-state index in [4.69, 9.17) is 10.2 Å². The average molecular weight is 304 g/mol. The number of amides is 2. The highest BCUT2D eigenvalue weighted by Crippen LogP contribution is 2.00. The second-order valence-electron chi connectivity index (χ2n) is 4.18. The first-order valence-electron chi connectivity index (χ1n) is 6.19. The molecule has 0 fully saturated rings. The highest BCUT2D eigenvalue weighted by molar-refractivity contribution is 5.90. The maximum Gasteiger partial charge on any atom is 0.326 e. The van der Waals surface area contributed by atoms with E-state index < -0.39 is 35.8 Å². The minimum Gasteiger partial charge on any atom is -0.481 e. The molecule has 120 valence electrons. The topological polar surface area (TPSA) is 157 Å². The van der Waals surface area contributed by atoms with E-state index in [1.165, 1.54) is 14.1 Å². The molecule has 0 aliphatic heterocycles. The van der Waals surface area contributed by atoms with Crippen LogP contribution in [0.3, 0.4) is 0 Å². The Morgan fingerprint density at radius 2 is 1.67 bits per heavy atom. The Labute approximate surface area is 121 Å². The Hall–Kier alpha value is -2.20. The molecule has 0 aromatic rings. The number of hydrogen-bond donors (Lipinski definition) is 6. The molecule has 0 aromatic carbocycles. The molecular formula is C11H20N4O6. The number of aliphatic carboxylic acids is 2. The fraction of sp³-hybridized carbons (Fsp3) is 0.636. The van der Waals surface area contributed by atoms with Crippen LogP contribution in [0.15, 0.2) is 0 Å². The first-order chi connectivity index (χ1) is 9.81. The van der Waals surface area contributed by atoms with Gasteiger partial charge in [0.15, 0.2) is 0 Å². The smallest absolute Gasteiger partial charge is 0.326 e. The van der Waals surface area contributed by atoms with Gasteiger partial charge in [0.05, 0.1) is 12.5 Å². The third-order valence-electron chi connectivity index (χ3n) is 2.58. The summed E-state index contributed by atoms with van der Waals surface area (Å²) >= 11 is 0. The van der Waals surface area contributed by atoms with Crippen LogP contribution in [0, 0.1) is 0 Å². The summed E-state index contributed by atoms with van der Waals surface area (Å²) in [6.45, 7) is 0. The lowest BCUT2D eigenvalue weighted by Gasteiger charge is -2.19. The van der Waals surface area contributed by atoms with Gasteiger partial charge in [0.2, 0.25) is 11.8 Å². The zero-order chi connectivity index (χ0) is 16.4. The van der Waals surface area contributed by atoms with E-state index in [1.807, 2.05) is 0 Å². The molecule has 0 aliphatic carbocycles. The summed E-state index contributed by atoms with van der Waals surface area (Å²) in [5, 5.41) is 22.3. The summed E-state index contributed by atoms with van der Waals surface area (Å²) in [6, 6.07) is -2.25. The normalized spacial score (nSPS) is 13.0. The van der Waals surface area contributed by atoms with Crippen LogP contribution in [0.4, 0.5) is 0 Å². The Morgan fingerprint density at radius 3 is 2.10 bits per heavy atom. The van der Waals surface area contributed by atoms with Gasteiger partial charge < -0.3 is 20.8 Å². The van der Waals surface area contributed by atoms with Crippen LogP contribution in [-0.2, 0) is 19.2 Å². The van der Waals surface area contributed by atoms with E-state index in [-0.39, 0.29) is 19.3 Å². The van der Waals surface area contributed by atoms with E-state index in [9.17, 15) is 19.2 Å². The monoisotopic (exact) mass is 304 g/mol. The predicted octanol–water partition coefficient (Wildman–Crippen LogP) is -2.35. The lowest BCUT2D eigenvalue weighted by atomic mass is 10.1. The van der Waals surface area contributed by atoms with Gasteiger partial charge in [-0.25, -0.2) is 10.2 Å². The molecule has 0 rings (SSSR count). The summed E-state index contributed by atoms with van der Waals surface area (Å²) in [7, 11) is 2.93. The molecule has 6 N–H and O–H groups in total. The average Bonchev–Trinajstić information content (AvgIpc) is 2.40. The van der Waals surface area contributed by atoms with Crippen molar-refractivity contribution >= 4 is 23.8 Å². The number of nitrogens with one attached hydrogen (secondary N) is 4. The highest BCUT2D eigenvalue weighted by Gasteiger charge is 2.26. The summed E-state index contributed by atoms with van der Waals surface area (Å²) < 4.78 is 0. The Balaban J connectivity index is 4.59. The molecular weight excluding hydrogens is 284 g/mol. The second kappa shape index (κ2) is 9.66. The fourth-order valence-corrected chi connectivity index (χ4v) is 1.50. The van der Waals surface area contributed by atoms with Gasteiger partial charge in [0.1, 0.15) is 6.04 Å². The van der Waals surface area contributed by atoms with Gasteiger partial charge in [-0.3, -0.25) is 19.8 Å². The number of likely N-dealkylation sites (N-methyl/N-ethyl adjacent to an activating group) is 1. The zero-order valence-electron chi connectivity index (χ0n) is 11.8. The molecule has 2 amide bonds. The Kier molecular flexibility index (Phi) is 8.65. The molecule has 21 heavy (non-hydrogen) atoms. The molecule has 0 aromatic heterocycles. The van der Waals surface area contributed by atoms with E-state index >= 15 is 0 Å². The molecule has 0 radical (unpaired) electrons. The van der Waals surface area contributed by atoms with Gasteiger partial charge in [0, 0.05) is 13.5 Å². The lowest BCUT2D eigenvalue weighted by Crippen LogP contribution is -2.51. The highest BCUT2D eigenvalue weighted by atomic mass is 16.4. The van der Waals surface area contributed by atoms with Crippen LogP contribution in [0.1, 0.15) is 19.3 Å². The van der Waals surface area contributed by atoms with Crippen molar-refractivity contribution in [3.8, 4) is 0 Å². The van der Waals surface area contributed by atoms with Crippen molar-refractivity contribution in [3.63, 3.8) is 0 Å². The van der Waals surface area contributed by atoms with E-state index in [0.717, 1.165) is 0 Å². The first-order valence-corrected chi connectivity index (χ1v) is 6.19. The molecule has 10 nitrogen and oxygen atoms in total. The van der Waals surface area contributed by atoms with Gasteiger partial charge >= 0.3 is 11.9 Å². The van der Waals surface area contributed by atoms with Crippen LogP contribution < -0.4 is 21.5 Å². The zero-order valence-corrected chi connectivity index (χ0v) is 11.8. The molecule has 0 bridgehead atoms. The first kappa shape index (κ1) is 18.8. The molecule has 0 heterocycles. The Bertz CT molecular complexity index is 400. The van der Waals surface area contributed by atoms with Crippen molar-refractivity contribution in [2.24, 2.45) is 0 Å². The predicted molar refractivity (Wildman–Crippen MR) is 71.1 cm³/mol. The summed E-state index contributed by atoms with van der Waals surface area (Å²) in [5.74, 6) is -3.64. The van der Waals surface area contributed by atoms with Gasteiger partial charge in [-0.1, -0.05) is 0 Å². The summed E-state index contributed by atoms with van der Waals surface area (Å²) in [5.41, 5.74) is 4.69. The quantitative estimate of drug-likeness (QED) is 0.245. The lowest BCUT2D eigenvalue weighted by molar-refractivity contribution is -0.143. The number of hydrazine groups is 1. The third kappa shape index (κ3) is 7.84. The van der Waals surface area contributed by atoms with Gasteiger partial charge in [-0.15, -0.1) is 0 Å². The van der Waals surface area contributed by atoms with Crippen molar-refractivity contribution in [2.45, 2.75) is 31.3 Å². The van der Waals surface area contributed by atoms with Gasteiger partial charge in [-0.05, 0) is 13.5 Å². The molecule has 10 heteroatoms. The largest absolute Gasteiger partial charge is 0.481 e. The summed E-state index contributed by atoms with van der Waals surface area (Å²) in [4.78, 5) is 44.7. The minimum atomic E-state index is -1.33. The van der Waals surface area contributed by atoms with Crippen molar-refractivity contribution < 1.29 is 29.4 Å². The number of carboxylic acids is 2.